The Bertz CT molecular complexity index is 645. The van der Waals surface area contributed by atoms with Gasteiger partial charge in [0.2, 0.25) is 0 Å². The summed E-state index contributed by atoms with van der Waals surface area (Å²) in [6.07, 6.45) is 2.36. The maximum Gasteiger partial charge on any atom is 0.307 e. The van der Waals surface area contributed by atoms with E-state index in [0.717, 1.165) is 12.3 Å². The number of nitrogens with zero attached hydrogens (tertiary/aromatic N) is 4. The topological polar surface area (TPSA) is 84.8 Å². The van der Waals surface area contributed by atoms with Crippen LogP contribution in [0.3, 0.4) is 0 Å². The molecule has 2 rings (SSSR count). The van der Waals surface area contributed by atoms with Crippen molar-refractivity contribution in [3.8, 4) is 6.07 Å². The van der Waals surface area contributed by atoms with Gasteiger partial charge in [-0.1, -0.05) is 0 Å². The van der Waals surface area contributed by atoms with Crippen molar-refractivity contribution >= 4 is 5.69 Å². The lowest BCUT2D eigenvalue weighted by Crippen LogP contribution is -2.01. The molecule has 0 aliphatic carbocycles. The molecule has 1 aromatic heterocycles. The van der Waals surface area contributed by atoms with Crippen LogP contribution < -0.4 is 0 Å². The number of rotatable bonds is 3. The Morgan fingerprint density at radius 2 is 2.28 bits per heavy atom. The molecule has 0 bridgehead atoms. The van der Waals surface area contributed by atoms with Crippen molar-refractivity contribution in [1.29, 1.82) is 5.26 Å². The summed E-state index contributed by atoms with van der Waals surface area (Å²) in [6.45, 7) is 0.167. The fraction of sp³-hybridized carbons (Fsp3) is 0.0909. The van der Waals surface area contributed by atoms with Crippen LogP contribution in [0.1, 0.15) is 11.1 Å². The highest BCUT2D eigenvalue weighted by Gasteiger charge is 2.09. The van der Waals surface area contributed by atoms with E-state index >= 15 is 0 Å². The molecular weight excluding hydrogens is 239 g/mol. The number of aromatic nitrogens is 2. The zero-order valence-corrected chi connectivity index (χ0v) is 9.08. The lowest BCUT2D eigenvalue weighted by atomic mass is 10.1. The van der Waals surface area contributed by atoms with Gasteiger partial charge in [-0.25, -0.2) is 4.39 Å². The zero-order valence-electron chi connectivity index (χ0n) is 9.08. The molecular formula is C11H7FN4O2. The lowest BCUT2D eigenvalue weighted by molar-refractivity contribution is -0.385. The van der Waals surface area contributed by atoms with Gasteiger partial charge in [0.15, 0.2) is 0 Å². The average molecular weight is 246 g/mol. The predicted octanol–water partition coefficient (Wildman–Crippen LogP) is 1.85. The highest BCUT2D eigenvalue weighted by atomic mass is 19.1. The molecule has 0 radical (unpaired) electrons. The van der Waals surface area contributed by atoms with E-state index in [1.807, 2.05) is 6.07 Å². The molecule has 0 aliphatic rings. The van der Waals surface area contributed by atoms with Crippen LogP contribution in [0.5, 0.6) is 0 Å². The first-order valence-corrected chi connectivity index (χ1v) is 4.95. The number of nitriles is 1. The zero-order chi connectivity index (χ0) is 13.1. The third-order valence-electron chi connectivity index (χ3n) is 2.26. The fourth-order valence-electron chi connectivity index (χ4n) is 1.53. The molecule has 1 aromatic carbocycles. The van der Waals surface area contributed by atoms with Gasteiger partial charge in [-0.3, -0.25) is 14.8 Å². The first-order valence-electron chi connectivity index (χ1n) is 4.95. The van der Waals surface area contributed by atoms with Gasteiger partial charge in [0.05, 0.1) is 23.1 Å². The van der Waals surface area contributed by atoms with Crippen LogP contribution in [0, 0.1) is 27.3 Å². The molecule has 0 spiro atoms. The molecule has 0 amide bonds. The Labute approximate surface area is 101 Å². The van der Waals surface area contributed by atoms with Crippen molar-refractivity contribution in [2.45, 2.75) is 6.54 Å². The molecule has 1 heterocycles. The first-order chi connectivity index (χ1) is 8.58. The van der Waals surface area contributed by atoms with E-state index in [9.17, 15) is 14.5 Å². The first kappa shape index (κ1) is 11.7. The number of benzene rings is 1. The molecule has 90 valence electrons. The summed E-state index contributed by atoms with van der Waals surface area (Å²) in [5.41, 5.74) is 0.586. The largest absolute Gasteiger partial charge is 0.307 e. The van der Waals surface area contributed by atoms with E-state index < -0.39 is 10.7 Å². The van der Waals surface area contributed by atoms with Crippen molar-refractivity contribution in [1.82, 2.24) is 9.78 Å². The highest BCUT2D eigenvalue weighted by molar-refractivity contribution is 5.34. The van der Waals surface area contributed by atoms with Crippen LogP contribution in [-0.2, 0) is 6.54 Å². The minimum atomic E-state index is -0.560. The van der Waals surface area contributed by atoms with Gasteiger partial charge < -0.3 is 0 Å². The Balaban J connectivity index is 2.25. The second-order valence-electron chi connectivity index (χ2n) is 3.61. The third-order valence-corrected chi connectivity index (χ3v) is 2.26. The Kier molecular flexibility index (Phi) is 3.02. The fourth-order valence-corrected chi connectivity index (χ4v) is 1.53. The highest BCUT2D eigenvalue weighted by Crippen LogP contribution is 2.12. The molecule has 0 atom stereocenters. The average Bonchev–Trinajstić information content (AvgIpc) is 2.76. The number of nitro groups is 1. The number of halogens is 1. The van der Waals surface area contributed by atoms with Crippen molar-refractivity contribution in [3.05, 3.63) is 57.7 Å². The maximum absolute atomic E-state index is 13.2. The summed E-state index contributed by atoms with van der Waals surface area (Å²) in [5.74, 6) is -0.522. The minimum Gasteiger partial charge on any atom is -0.261 e. The summed E-state index contributed by atoms with van der Waals surface area (Å²) in [6, 6.07) is 5.73. The standard InChI is InChI=1S/C11H7FN4O2/c12-10-2-8(4-13)1-9(3-10)6-15-7-11(5-14-15)16(17)18/h1-3,5,7H,6H2. The van der Waals surface area contributed by atoms with Crippen LogP contribution >= 0.6 is 0 Å². The molecule has 0 saturated carbocycles. The van der Waals surface area contributed by atoms with Gasteiger partial charge in [-0.15, -0.1) is 0 Å². The van der Waals surface area contributed by atoms with Gasteiger partial charge >= 0.3 is 5.69 Å². The third kappa shape index (κ3) is 2.49. The Hall–Kier alpha value is -2.75. The summed E-state index contributed by atoms with van der Waals surface area (Å²) in [4.78, 5) is 9.91. The Morgan fingerprint density at radius 1 is 1.50 bits per heavy atom. The maximum atomic E-state index is 13.2. The summed E-state index contributed by atoms with van der Waals surface area (Å²) >= 11 is 0. The van der Waals surface area contributed by atoms with Gasteiger partial charge in [0, 0.05) is 0 Å². The predicted molar refractivity (Wildman–Crippen MR) is 59.1 cm³/mol. The van der Waals surface area contributed by atoms with Crippen molar-refractivity contribution in [2.75, 3.05) is 0 Å². The van der Waals surface area contributed by atoms with E-state index in [2.05, 4.69) is 5.10 Å². The lowest BCUT2D eigenvalue weighted by Gasteiger charge is -2.02. The van der Waals surface area contributed by atoms with Crippen LogP contribution in [0.2, 0.25) is 0 Å². The number of hydrogen-bond donors (Lipinski definition) is 0. The second-order valence-corrected chi connectivity index (χ2v) is 3.61. The van der Waals surface area contributed by atoms with Gasteiger partial charge in [0.1, 0.15) is 18.2 Å². The Morgan fingerprint density at radius 3 is 2.89 bits per heavy atom. The summed E-state index contributed by atoms with van der Waals surface area (Å²) in [7, 11) is 0. The normalized spacial score (nSPS) is 10.0. The van der Waals surface area contributed by atoms with E-state index in [4.69, 9.17) is 5.26 Å². The van der Waals surface area contributed by atoms with E-state index in [1.165, 1.54) is 23.0 Å². The number of hydrogen-bond acceptors (Lipinski definition) is 4. The van der Waals surface area contributed by atoms with Gasteiger partial charge in [0.25, 0.3) is 0 Å². The van der Waals surface area contributed by atoms with Crippen molar-refractivity contribution < 1.29 is 9.31 Å². The van der Waals surface area contributed by atoms with E-state index in [1.54, 1.807) is 0 Å². The van der Waals surface area contributed by atoms with E-state index in [0.29, 0.717) is 5.56 Å². The molecule has 0 unspecified atom stereocenters. The molecule has 2 aromatic rings. The molecule has 0 fully saturated rings. The summed E-state index contributed by atoms with van der Waals surface area (Å²) in [5, 5.41) is 23.0. The van der Waals surface area contributed by atoms with Crippen molar-refractivity contribution in [3.63, 3.8) is 0 Å². The second kappa shape index (κ2) is 4.63. The summed E-state index contributed by atoms with van der Waals surface area (Å²) < 4.78 is 14.5. The van der Waals surface area contributed by atoms with Crippen LogP contribution in [-0.4, -0.2) is 14.7 Å². The molecule has 7 heteroatoms. The van der Waals surface area contributed by atoms with Crippen molar-refractivity contribution in [2.24, 2.45) is 0 Å². The monoisotopic (exact) mass is 246 g/mol. The minimum absolute atomic E-state index is 0.132. The van der Waals surface area contributed by atoms with E-state index in [-0.39, 0.29) is 17.8 Å². The van der Waals surface area contributed by atoms with Gasteiger partial charge in [-0.05, 0) is 23.8 Å². The smallest absolute Gasteiger partial charge is 0.261 e. The van der Waals surface area contributed by atoms with Crippen LogP contribution in [0.25, 0.3) is 0 Å². The molecule has 0 aliphatic heterocycles. The SMILES string of the molecule is N#Cc1cc(F)cc(Cn2cc([N+](=O)[O-])cn2)c1. The molecule has 6 nitrogen and oxygen atoms in total. The molecule has 18 heavy (non-hydrogen) atoms. The van der Waals surface area contributed by atoms with Crippen LogP contribution in [0.4, 0.5) is 10.1 Å². The van der Waals surface area contributed by atoms with Crippen LogP contribution in [0.15, 0.2) is 30.6 Å². The molecule has 0 saturated heterocycles. The molecule has 0 N–H and O–H groups in total. The van der Waals surface area contributed by atoms with Gasteiger partial charge in [-0.2, -0.15) is 10.4 Å². The quantitative estimate of drug-likeness (QED) is 0.611.